The number of rotatable bonds is 6. The monoisotopic (exact) mass is 360 g/mol. The molecule has 1 fully saturated rings. The second kappa shape index (κ2) is 6.84. The zero-order chi connectivity index (χ0) is 19.8. The van der Waals surface area contributed by atoms with Crippen LogP contribution in [0.2, 0.25) is 0 Å². The van der Waals surface area contributed by atoms with Crippen molar-refractivity contribution >= 4 is 11.5 Å². The lowest BCUT2D eigenvalue weighted by molar-refractivity contribution is -0.145. The highest BCUT2D eigenvalue weighted by atomic mass is 16.4. The minimum absolute atomic E-state index is 0.0495. The van der Waals surface area contributed by atoms with Gasteiger partial charge >= 0.3 is 5.97 Å². The van der Waals surface area contributed by atoms with Crippen LogP contribution in [0.3, 0.4) is 0 Å². The summed E-state index contributed by atoms with van der Waals surface area (Å²) >= 11 is 0. The maximum atomic E-state index is 12.3. The molecule has 1 aliphatic rings. The Morgan fingerprint density at radius 2 is 1.70 bits per heavy atom. The van der Waals surface area contributed by atoms with Gasteiger partial charge in [-0.05, 0) is 47.9 Å². The van der Waals surface area contributed by atoms with Crippen molar-refractivity contribution in [1.29, 1.82) is 0 Å². The van der Waals surface area contributed by atoms with Crippen molar-refractivity contribution in [2.45, 2.75) is 34.1 Å². The smallest absolute Gasteiger partial charge is 0.311 e. The molecule has 2 nitrogen and oxygen atoms in total. The predicted molar refractivity (Wildman–Crippen MR) is 111 cm³/mol. The molecule has 2 atom stereocenters. The molecule has 27 heavy (non-hydrogen) atoms. The third kappa shape index (κ3) is 3.25. The molecule has 2 aromatic carbocycles. The minimum Gasteiger partial charge on any atom is -0.481 e. The first-order valence-corrected chi connectivity index (χ1v) is 9.42. The van der Waals surface area contributed by atoms with E-state index in [9.17, 15) is 9.90 Å². The van der Waals surface area contributed by atoms with Gasteiger partial charge in [-0.15, -0.1) is 0 Å². The summed E-state index contributed by atoms with van der Waals surface area (Å²) in [6.45, 7) is 12.4. The second-order valence-electron chi connectivity index (χ2n) is 8.44. The number of carboxylic acid groups (broad SMARTS) is 1. The number of carboxylic acids is 1. The van der Waals surface area contributed by atoms with E-state index in [0.717, 1.165) is 22.3 Å². The molecule has 0 spiro atoms. The van der Waals surface area contributed by atoms with Gasteiger partial charge in [0.2, 0.25) is 0 Å². The molecule has 140 valence electrons. The van der Waals surface area contributed by atoms with Crippen molar-refractivity contribution in [2.24, 2.45) is 16.7 Å². The van der Waals surface area contributed by atoms with E-state index in [1.807, 2.05) is 62.4 Å². The summed E-state index contributed by atoms with van der Waals surface area (Å²) in [5.41, 5.74) is 4.28. The molecule has 1 aliphatic carbocycles. The molecule has 0 amide bonds. The lowest BCUT2D eigenvalue weighted by atomic mass is 9.87. The Hall–Kier alpha value is -2.61. The summed E-state index contributed by atoms with van der Waals surface area (Å²) in [6.07, 6.45) is 2.65. The average molecular weight is 360 g/mol. The molecular formula is C25H28O2. The topological polar surface area (TPSA) is 37.3 Å². The van der Waals surface area contributed by atoms with Crippen LogP contribution in [0.15, 0.2) is 72.8 Å². The zero-order valence-electron chi connectivity index (χ0n) is 16.6. The minimum atomic E-state index is -0.753. The average Bonchev–Trinajstić information content (AvgIpc) is 3.09. The number of benzene rings is 2. The zero-order valence-corrected chi connectivity index (χ0v) is 16.6. The SMILES string of the molecule is C=C(c1ccccc1)c1cccc(C[C@]2(C(=O)O)[C@H](C=C(C)C)C2(C)C)c1. The summed E-state index contributed by atoms with van der Waals surface area (Å²) < 4.78 is 0. The normalized spacial score (nSPS) is 22.7. The van der Waals surface area contributed by atoms with E-state index in [2.05, 4.69) is 32.6 Å². The van der Waals surface area contributed by atoms with Gasteiger partial charge in [0, 0.05) is 5.92 Å². The highest BCUT2D eigenvalue weighted by molar-refractivity contribution is 5.82. The maximum absolute atomic E-state index is 12.3. The first-order chi connectivity index (χ1) is 12.7. The van der Waals surface area contributed by atoms with Gasteiger partial charge in [-0.3, -0.25) is 4.79 Å². The Morgan fingerprint density at radius 3 is 2.30 bits per heavy atom. The molecule has 1 saturated carbocycles. The molecule has 3 rings (SSSR count). The molecule has 2 aromatic rings. The van der Waals surface area contributed by atoms with Gasteiger partial charge in [0.25, 0.3) is 0 Å². The third-order valence-electron chi connectivity index (χ3n) is 6.14. The fraction of sp³-hybridized carbons (Fsp3) is 0.320. The van der Waals surface area contributed by atoms with E-state index in [4.69, 9.17) is 0 Å². The van der Waals surface area contributed by atoms with Crippen molar-refractivity contribution in [1.82, 2.24) is 0 Å². The molecule has 0 bridgehead atoms. The van der Waals surface area contributed by atoms with E-state index in [-0.39, 0.29) is 11.3 Å². The van der Waals surface area contributed by atoms with Crippen LogP contribution in [0.5, 0.6) is 0 Å². The van der Waals surface area contributed by atoms with Crippen molar-refractivity contribution < 1.29 is 9.90 Å². The predicted octanol–water partition coefficient (Wildman–Crippen LogP) is 5.98. The molecular weight excluding hydrogens is 332 g/mol. The molecule has 0 radical (unpaired) electrons. The largest absolute Gasteiger partial charge is 0.481 e. The van der Waals surface area contributed by atoms with Gasteiger partial charge in [-0.25, -0.2) is 0 Å². The summed E-state index contributed by atoms with van der Waals surface area (Å²) in [4.78, 5) is 12.3. The number of allylic oxidation sites excluding steroid dienone is 2. The second-order valence-corrected chi connectivity index (χ2v) is 8.44. The van der Waals surface area contributed by atoms with E-state index in [1.54, 1.807) is 0 Å². The highest BCUT2D eigenvalue weighted by Crippen LogP contribution is 2.71. The summed E-state index contributed by atoms with van der Waals surface area (Å²) in [5, 5.41) is 10.1. The van der Waals surface area contributed by atoms with E-state index in [1.165, 1.54) is 5.57 Å². The summed E-state index contributed by atoms with van der Waals surface area (Å²) in [5.74, 6) is -0.657. The van der Waals surface area contributed by atoms with Crippen LogP contribution in [0.4, 0.5) is 0 Å². The fourth-order valence-corrected chi connectivity index (χ4v) is 4.40. The van der Waals surface area contributed by atoms with Gasteiger partial charge in [0.15, 0.2) is 0 Å². The fourth-order valence-electron chi connectivity index (χ4n) is 4.40. The van der Waals surface area contributed by atoms with Crippen LogP contribution >= 0.6 is 0 Å². The van der Waals surface area contributed by atoms with Gasteiger partial charge in [-0.1, -0.05) is 86.7 Å². The molecule has 2 heteroatoms. The maximum Gasteiger partial charge on any atom is 0.311 e. The number of aliphatic carboxylic acids is 1. The van der Waals surface area contributed by atoms with Crippen LogP contribution in [0.25, 0.3) is 5.57 Å². The molecule has 0 heterocycles. The molecule has 0 aliphatic heterocycles. The Bertz CT molecular complexity index is 901. The lowest BCUT2D eigenvalue weighted by Gasteiger charge is -2.17. The number of carbonyl (C=O) groups is 1. The lowest BCUT2D eigenvalue weighted by Crippen LogP contribution is -2.24. The van der Waals surface area contributed by atoms with E-state index in [0.29, 0.717) is 6.42 Å². The Labute approximate surface area is 162 Å². The first-order valence-electron chi connectivity index (χ1n) is 9.42. The number of hydrogen-bond acceptors (Lipinski definition) is 1. The van der Waals surface area contributed by atoms with Crippen molar-refractivity contribution in [3.05, 3.63) is 89.5 Å². The molecule has 0 aromatic heterocycles. The molecule has 0 unspecified atom stereocenters. The Kier molecular flexibility index (Phi) is 4.86. The van der Waals surface area contributed by atoms with Gasteiger partial charge < -0.3 is 5.11 Å². The van der Waals surface area contributed by atoms with Crippen molar-refractivity contribution in [2.75, 3.05) is 0 Å². The molecule has 0 saturated heterocycles. The van der Waals surface area contributed by atoms with Crippen molar-refractivity contribution in [3.63, 3.8) is 0 Å². The van der Waals surface area contributed by atoms with Gasteiger partial charge in [0.05, 0.1) is 5.41 Å². The van der Waals surface area contributed by atoms with Crippen LogP contribution in [-0.2, 0) is 11.2 Å². The molecule has 1 N–H and O–H groups in total. The van der Waals surface area contributed by atoms with Crippen LogP contribution < -0.4 is 0 Å². The summed E-state index contributed by atoms with van der Waals surface area (Å²) in [6, 6.07) is 18.2. The summed E-state index contributed by atoms with van der Waals surface area (Å²) in [7, 11) is 0. The Balaban J connectivity index is 1.93. The van der Waals surface area contributed by atoms with Crippen LogP contribution in [-0.4, -0.2) is 11.1 Å². The Morgan fingerprint density at radius 1 is 1.07 bits per heavy atom. The standard InChI is InChI=1S/C25H28O2/c1-17(2)14-22-24(4,5)25(22,23(26)27)16-19-10-9-13-21(15-19)18(3)20-11-7-6-8-12-20/h6-15,22H,3,16H2,1-2,4-5H3,(H,26,27)/t22-,25-/m1/s1. The van der Waals surface area contributed by atoms with E-state index >= 15 is 0 Å². The van der Waals surface area contributed by atoms with Crippen LogP contribution in [0.1, 0.15) is 44.4 Å². The van der Waals surface area contributed by atoms with Gasteiger partial charge in [-0.2, -0.15) is 0 Å². The van der Waals surface area contributed by atoms with Gasteiger partial charge in [0.1, 0.15) is 0 Å². The quantitative estimate of drug-likeness (QED) is 0.643. The van der Waals surface area contributed by atoms with Crippen LogP contribution in [0, 0.1) is 16.7 Å². The highest BCUT2D eigenvalue weighted by Gasteiger charge is 2.74. The number of hydrogen-bond donors (Lipinski definition) is 1. The first kappa shape index (κ1) is 19.2. The van der Waals surface area contributed by atoms with E-state index < -0.39 is 11.4 Å². The van der Waals surface area contributed by atoms with Crippen molar-refractivity contribution in [3.8, 4) is 0 Å². The third-order valence-corrected chi connectivity index (χ3v) is 6.14.